The van der Waals surface area contributed by atoms with Crippen LogP contribution in [0.5, 0.6) is 0 Å². The molecule has 1 aliphatic heterocycles. The molecule has 2 N–H and O–H groups in total. The molecule has 146 valence electrons. The van der Waals surface area contributed by atoms with Gasteiger partial charge in [-0.2, -0.15) is 11.8 Å². The van der Waals surface area contributed by atoms with Crippen LogP contribution in [0, 0.1) is 5.92 Å². The molecule has 1 unspecified atom stereocenters. The molecule has 26 heavy (non-hydrogen) atoms. The molecule has 1 aromatic carbocycles. The molecular formula is C19H31IN4OS. The molecule has 1 aromatic rings. The van der Waals surface area contributed by atoms with Gasteiger partial charge in [0.15, 0.2) is 5.96 Å². The van der Waals surface area contributed by atoms with E-state index in [4.69, 9.17) is 0 Å². The Morgan fingerprint density at radius 2 is 2.04 bits per heavy atom. The van der Waals surface area contributed by atoms with Crippen molar-refractivity contribution in [3.8, 4) is 0 Å². The SMILES string of the molecule is CN=C(NCC(=O)NCCc1ccccc1)N1CCSC(C(C)C)C1.I. The van der Waals surface area contributed by atoms with E-state index in [1.807, 2.05) is 30.0 Å². The molecule has 1 fully saturated rings. The number of carbonyl (C=O) groups is 1. The summed E-state index contributed by atoms with van der Waals surface area (Å²) in [4.78, 5) is 18.7. The molecule has 1 aliphatic rings. The Bertz CT molecular complexity index is 568. The van der Waals surface area contributed by atoms with Crippen molar-refractivity contribution in [2.24, 2.45) is 10.9 Å². The molecule has 0 saturated carbocycles. The third-order valence-electron chi connectivity index (χ3n) is 4.33. The van der Waals surface area contributed by atoms with Crippen molar-refractivity contribution in [1.82, 2.24) is 15.5 Å². The number of benzene rings is 1. The molecule has 0 spiro atoms. The van der Waals surface area contributed by atoms with Crippen molar-refractivity contribution >= 4 is 47.6 Å². The van der Waals surface area contributed by atoms with E-state index >= 15 is 0 Å². The molecular weight excluding hydrogens is 459 g/mol. The zero-order chi connectivity index (χ0) is 18.1. The van der Waals surface area contributed by atoms with Crippen LogP contribution in [0.3, 0.4) is 0 Å². The number of carbonyl (C=O) groups excluding carboxylic acids is 1. The Labute approximate surface area is 178 Å². The van der Waals surface area contributed by atoms with Crippen molar-refractivity contribution < 1.29 is 4.79 Å². The second kappa shape index (κ2) is 12.4. The standard InChI is InChI=1S/C19H30N4OS.HI/c1-15(2)17-14-23(11-12-25-17)19(20-3)22-13-18(24)21-10-9-16-7-5-4-6-8-16;/h4-8,15,17H,9-14H2,1-3H3,(H,20,22)(H,21,24);1H. The summed E-state index contributed by atoms with van der Waals surface area (Å²) in [5.41, 5.74) is 1.23. The quantitative estimate of drug-likeness (QED) is 0.366. The van der Waals surface area contributed by atoms with Crippen molar-refractivity contribution in [3.63, 3.8) is 0 Å². The van der Waals surface area contributed by atoms with E-state index in [1.165, 1.54) is 5.56 Å². The van der Waals surface area contributed by atoms with Crippen LogP contribution in [-0.4, -0.2) is 61.0 Å². The predicted octanol–water partition coefficient (Wildman–Crippen LogP) is 2.61. The van der Waals surface area contributed by atoms with Gasteiger partial charge in [0.05, 0.1) is 6.54 Å². The topological polar surface area (TPSA) is 56.7 Å². The molecule has 7 heteroatoms. The van der Waals surface area contributed by atoms with Gasteiger partial charge in [-0.15, -0.1) is 24.0 Å². The monoisotopic (exact) mass is 490 g/mol. The minimum atomic E-state index is 0. The highest BCUT2D eigenvalue weighted by atomic mass is 127. The van der Waals surface area contributed by atoms with Crippen molar-refractivity contribution in [3.05, 3.63) is 35.9 Å². The van der Waals surface area contributed by atoms with Gasteiger partial charge in [-0.3, -0.25) is 9.79 Å². The van der Waals surface area contributed by atoms with Gasteiger partial charge >= 0.3 is 0 Å². The lowest BCUT2D eigenvalue weighted by Crippen LogP contribution is -2.51. The van der Waals surface area contributed by atoms with Gasteiger partial charge in [0.2, 0.25) is 5.91 Å². The lowest BCUT2D eigenvalue weighted by atomic mass is 10.1. The highest BCUT2D eigenvalue weighted by Gasteiger charge is 2.24. The van der Waals surface area contributed by atoms with Gasteiger partial charge in [0.25, 0.3) is 0 Å². The van der Waals surface area contributed by atoms with Gasteiger partial charge in [-0.25, -0.2) is 0 Å². The summed E-state index contributed by atoms with van der Waals surface area (Å²) < 4.78 is 0. The van der Waals surface area contributed by atoms with E-state index in [9.17, 15) is 4.79 Å². The van der Waals surface area contributed by atoms with Crippen molar-refractivity contribution in [1.29, 1.82) is 0 Å². The van der Waals surface area contributed by atoms with Crippen LogP contribution >= 0.6 is 35.7 Å². The molecule has 1 heterocycles. The summed E-state index contributed by atoms with van der Waals surface area (Å²) in [7, 11) is 1.78. The molecule has 1 amide bonds. The lowest BCUT2D eigenvalue weighted by molar-refractivity contribution is -0.120. The minimum absolute atomic E-state index is 0. The fourth-order valence-corrected chi connectivity index (χ4v) is 4.11. The van der Waals surface area contributed by atoms with Gasteiger partial charge in [0.1, 0.15) is 0 Å². The van der Waals surface area contributed by atoms with Gasteiger partial charge < -0.3 is 15.5 Å². The van der Waals surface area contributed by atoms with Crippen molar-refractivity contribution in [2.75, 3.05) is 39.0 Å². The Balaban J connectivity index is 0.00000338. The van der Waals surface area contributed by atoms with E-state index in [0.717, 1.165) is 31.2 Å². The van der Waals surface area contributed by atoms with Crippen molar-refractivity contribution in [2.45, 2.75) is 25.5 Å². The van der Waals surface area contributed by atoms with Gasteiger partial charge in [-0.05, 0) is 17.9 Å². The maximum Gasteiger partial charge on any atom is 0.239 e. The number of hydrogen-bond acceptors (Lipinski definition) is 3. The minimum Gasteiger partial charge on any atom is -0.354 e. The summed E-state index contributed by atoms with van der Waals surface area (Å²) in [6.07, 6.45) is 0.848. The Morgan fingerprint density at radius 1 is 1.31 bits per heavy atom. The number of guanidine groups is 1. The van der Waals surface area contributed by atoms with E-state index in [-0.39, 0.29) is 36.4 Å². The lowest BCUT2D eigenvalue weighted by Gasteiger charge is -2.36. The maximum atomic E-state index is 12.1. The van der Waals surface area contributed by atoms with Crippen LogP contribution in [0.2, 0.25) is 0 Å². The van der Waals surface area contributed by atoms with E-state index in [2.05, 4.69) is 46.5 Å². The van der Waals surface area contributed by atoms with Crippen LogP contribution in [-0.2, 0) is 11.2 Å². The van der Waals surface area contributed by atoms with Crippen LogP contribution in [0.1, 0.15) is 19.4 Å². The average Bonchev–Trinajstić information content (AvgIpc) is 2.63. The van der Waals surface area contributed by atoms with Gasteiger partial charge in [0, 0.05) is 37.7 Å². The molecule has 1 saturated heterocycles. The molecule has 0 aliphatic carbocycles. The number of nitrogens with one attached hydrogen (secondary N) is 2. The fraction of sp³-hybridized carbons (Fsp3) is 0.579. The normalized spacial score (nSPS) is 17.6. The van der Waals surface area contributed by atoms with Crippen LogP contribution < -0.4 is 10.6 Å². The average molecular weight is 490 g/mol. The zero-order valence-electron chi connectivity index (χ0n) is 15.9. The predicted molar refractivity (Wildman–Crippen MR) is 123 cm³/mol. The molecule has 1 atom stereocenters. The summed E-state index contributed by atoms with van der Waals surface area (Å²) in [5, 5.41) is 6.78. The second-order valence-corrected chi connectivity index (χ2v) is 7.93. The Kier molecular flexibility index (Phi) is 11.0. The van der Waals surface area contributed by atoms with E-state index < -0.39 is 0 Å². The first-order chi connectivity index (χ1) is 12.1. The number of thioether (sulfide) groups is 1. The number of aliphatic imine (C=N–C) groups is 1. The number of amides is 1. The maximum absolute atomic E-state index is 12.1. The van der Waals surface area contributed by atoms with Crippen LogP contribution in [0.4, 0.5) is 0 Å². The highest BCUT2D eigenvalue weighted by Crippen LogP contribution is 2.24. The fourth-order valence-electron chi connectivity index (χ4n) is 2.82. The zero-order valence-corrected chi connectivity index (χ0v) is 19.1. The number of hydrogen-bond donors (Lipinski definition) is 2. The highest BCUT2D eigenvalue weighted by molar-refractivity contribution is 14.0. The summed E-state index contributed by atoms with van der Waals surface area (Å²) in [6.45, 7) is 7.40. The molecule has 0 aromatic heterocycles. The molecule has 5 nitrogen and oxygen atoms in total. The number of nitrogens with zero attached hydrogens (tertiary/aromatic N) is 2. The van der Waals surface area contributed by atoms with Crippen LogP contribution in [0.15, 0.2) is 35.3 Å². The molecule has 2 rings (SSSR count). The van der Waals surface area contributed by atoms with E-state index in [1.54, 1.807) is 7.05 Å². The first kappa shape index (κ1) is 23.1. The summed E-state index contributed by atoms with van der Waals surface area (Å²) >= 11 is 2.03. The largest absolute Gasteiger partial charge is 0.354 e. The Hall–Kier alpha value is -0.960. The second-order valence-electron chi connectivity index (χ2n) is 6.59. The summed E-state index contributed by atoms with van der Waals surface area (Å²) in [5.74, 6) is 2.58. The number of rotatable bonds is 6. The van der Waals surface area contributed by atoms with E-state index in [0.29, 0.717) is 17.7 Å². The first-order valence-electron chi connectivity index (χ1n) is 8.98. The van der Waals surface area contributed by atoms with Gasteiger partial charge in [-0.1, -0.05) is 44.2 Å². The smallest absolute Gasteiger partial charge is 0.239 e. The summed E-state index contributed by atoms with van der Waals surface area (Å²) in [6, 6.07) is 10.2. The third kappa shape index (κ3) is 7.73. The number of halogens is 1. The molecule has 0 radical (unpaired) electrons. The first-order valence-corrected chi connectivity index (χ1v) is 10.0. The Morgan fingerprint density at radius 3 is 2.69 bits per heavy atom. The van der Waals surface area contributed by atoms with Crippen LogP contribution in [0.25, 0.3) is 0 Å². The third-order valence-corrected chi connectivity index (χ3v) is 5.87. The molecule has 0 bridgehead atoms.